The molecule has 9 heteroatoms. The molecule has 0 bridgehead atoms. The zero-order valence-electron chi connectivity index (χ0n) is 16.6. The Morgan fingerprint density at radius 1 is 1.03 bits per heavy atom. The second kappa shape index (κ2) is 9.46. The van der Waals surface area contributed by atoms with Crippen molar-refractivity contribution in [2.45, 2.75) is 25.3 Å². The van der Waals surface area contributed by atoms with Crippen LogP contribution in [-0.4, -0.2) is 29.7 Å². The molecule has 31 heavy (non-hydrogen) atoms. The van der Waals surface area contributed by atoms with Crippen LogP contribution in [-0.2, 0) is 4.79 Å². The summed E-state index contributed by atoms with van der Waals surface area (Å²) < 4.78 is 0. The molecule has 0 unspecified atom stereocenters. The molecule has 1 saturated heterocycles. The smallest absolute Gasteiger partial charge is 0.283 e. The predicted octanol–water partition coefficient (Wildman–Crippen LogP) is 5.22. The van der Waals surface area contributed by atoms with Crippen LogP contribution in [0.1, 0.15) is 30.9 Å². The van der Waals surface area contributed by atoms with Crippen molar-refractivity contribution < 1.29 is 4.79 Å². The average Bonchev–Trinajstić information content (AvgIpc) is 3.14. The molecule has 0 aromatic heterocycles. The number of piperidine rings is 1. The van der Waals surface area contributed by atoms with E-state index >= 15 is 0 Å². The third-order valence-electron chi connectivity index (χ3n) is 5.44. The maximum Gasteiger partial charge on any atom is 0.283 e. The molecule has 2 aromatic carbocycles. The Labute approximate surface area is 195 Å². The fourth-order valence-electron chi connectivity index (χ4n) is 3.92. The lowest BCUT2D eigenvalue weighted by Gasteiger charge is -2.27. The number of hydrogen-bond acceptors (Lipinski definition) is 5. The van der Waals surface area contributed by atoms with E-state index in [-0.39, 0.29) is 11.6 Å². The normalized spacial score (nSPS) is 21.5. The van der Waals surface area contributed by atoms with E-state index in [0.29, 0.717) is 20.8 Å². The number of amides is 1. The molecule has 6 nitrogen and oxygen atoms in total. The minimum Gasteiger partial charge on any atom is -0.284 e. The van der Waals surface area contributed by atoms with Crippen LogP contribution in [0.4, 0.5) is 5.69 Å². The molecule has 0 spiro atoms. The van der Waals surface area contributed by atoms with Crippen molar-refractivity contribution in [3.63, 3.8) is 0 Å². The van der Waals surface area contributed by atoms with Gasteiger partial charge in [-0.3, -0.25) is 15.2 Å². The molecule has 1 fully saturated rings. The molecule has 2 aromatic rings. The van der Waals surface area contributed by atoms with E-state index in [4.69, 9.17) is 34.8 Å². The summed E-state index contributed by atoms with van der Waals surface area (Å²) in [6.45, 7) is 1.56. The third-order valence-corrected chi connectivity index (χ3v) is 6.23. The van der Waals surface area contributed by atoms with E-state index in [2.05, 4.69) is 16.6 Å². The van der Waals surface area contributed by atoms with Gasteiger partial charge < -0.3 is 0 Å². The molecule has 2 atom stereocenters. The van der Waals surface area contributed by atoms with Crippen LogP contribution in [0.2, 0.25) is 15.1 Å². The summed E-state index contributed by atoms with van der Waals surface area (Å²) in [5.41, 5.74) is 4.42. The quantitative estimate of drug-likeness (QED) is 0.656. The first-order valence-electron chi connectivity index (χ1n) is 10.0. The van der Waals surface area contributed by atoms with Gasteiger partial charge >= 0.3 is 0 Å². The number of hydrazone groups is 1. The lowest BCUT2D eigenvalue weighted by molar-refractivity contribution is -0.119. The zero-order valence-corrected chi connectivity index (χ0v) is 18.8. The van der Waals surface area contributed by atoms with Gasteiger partial charge in [0.15, 0.2) is 0 Å². The summed E-state index contributed by atoms with van der Waals surface area (Å²) in [5.74, 6) is -1.17. The van der Waals surface area contributed by atoms with E-state index < -0.39 is 12.0 Å². The summed E-state index contributed by atoms with van der Waals surface area (Å²) in [6.07, 6.45) is 3.19. The van der Waals surface area contributed by atoms with Crippen molar-refractivity contribution >= 4 is 52.1 Å². The fourth-order valence-corrected chi connectivity index (χ4v) is 4.54. The molecule has 2 aliphatic heterocycles. The van der Waals surface area contributed by atoms with Gasteiger partial charge in [0.1, 0.15) is 11.6 Å². The molecule has 1 N–H and O–H groups in total. The Morgan fingerprint density at radius 2 is 1.71 bits per heavy atom. The Hall–Kier alpha value is -2.30. The number of carbonyl (C=O) groups excluding carboxylic acids is 1. The number of carbonyl (C=O) groups is 1. The van der Waals surface area contributed by atoms with Gasteiger partial charge in [0.25, 0.3) is 5.91 Å². The zero-order chi connectivity index (χ0) is 22.0. The molecule has 4 rings (SSSR count). The largest absolute Gasteiger partial charge is 0.284 e. The molecular formula is C22H20Cl3N5O. The maximum absolute atomic E-state index is 13.1. The van der Waals surface area contributed by atoms with E-state index in [0.717, 1.165) is 37.9 Å². The van der Waals surface area contributed by atoms with Crippen LogP contribution < -0.4 is 10.4 Å². The minimum absolute atomic E-state index is 0.152. The van der Waals surface area contributed by atoms with Crippen molar-refractivity contribution in [1.82, 2.24) is 10.4 Å². The Kier molecular flexibility index (Phi) is 6.68. The SMILES string of the molecule is N#C[C@@H]1C(C(=O)NN2CCCCC2)=NN(c2ccc(Cl)cc2Cl)[C@H]1c1ccc(Cl)cc1. The molecule has 2 heterocycles. The summed E-state index contributed by atoms with van der Waals surface area (Å²) in [7, 11) is 0. The van der Waals surface area contributed by atoms with Crippen molar-refractivity contribution in [3.8, 4) is 6.07 Å². The van der Waals surface area contributed by atoms with Gasteiger partial charge in [-0.15, -0.1) is 0 Å². The summed E-state index contributed by atoms with van der Waals surface area (Å²) in [6, 6.07) is 13.9. The van der Waals surface area contributed by atoms with Gasteiger partial charge in [-0.2, -0.15) is 10.4 Å². The molecule has 0 aliphatic carbocycles. The van der Waals surface area contributed by atoms with E-state index in [1.165, 1.54) is 0 Å². The fraction of sp³-hybridized carbons (Fsp3) is 0.318. The Balaban J connectivity index is 1.73. The Bertz CT molecular complexity index is 1040. The lowest BCUT2D eigenvalue weighted by Crippen LogP contribution is -2.48. The highest BCUT2D eigenvalue weighted by Gasteiger charge is 2.43. The number of rotatable bonds is 4. The number of benzene rings is 2. The van der Waals surface area contributed by atoms with Crippen molar-refractivity contribution in [2.75, 3.05) is 18.1 Å². The lowest BCUT2D eigenvalue weighted by atomic mass is 9.90. The van der Waals surface area contributed by atoms with E-state index in [1.54, 1.807) is 35.3 Å². The second-order valence-electron chi connectivity index (χ2n) is 7.52. The molecule has 160 valence electrons. The van der Waals surface area contributed by atoms with Crippen LogP contribution in [0.15, 0.2) is 47.6 Å². The predicted molar refractivity (Wildman–Crippen MR) is 123 cm³/mol. The maximum atomic E-state index is 13.1. The van der Waals surface area contributed by atoms with Crippen LogP contribution >= 0.6 is 34.8 Å². The van der Waals surface area contributed by atoms with Gasteiger partial charge in [0.05, 0.1) is 22.8 Å². The highest BCUT2D eigenvalue weighted by Crippen LogP contribution is 2.42. The van der Waals surface area contributed by atoms with Gasteiger partial charge in [0.2, 0.25) is 0 Å². The molecule has 0 saturated carbocycles. The minimum atomic E-state index is -0.794. The summed E-state index contributed by atoms with van der Waals surface area (Å²) in [4.78, 5) is 13.1. The topological polar surface area (TPSA) is 71.7 Å². The Morgan fingerprint density at radius 3 is 2.35 bits per heavy atom. The number of nitrogens with one attached hydrogen (secondary N) is 1. The second-order valence-corrected chi connectivity index (χ2v) is 8.80. The standard InChI is InChI=1S/C22H20Cl3N5O/c23-15-6-4-14(5-7-15)21-17(13-26)20(22(31)28-29-10-2-1-3-11-29)27-30(21)19-9-8-16(24)12-18(19)25/h4-9,12,17,21H,1-3,10-11H2,(H,28,31)/t17-,21+/m1/s1. The summed E-state index contributed by atoms with van der Waals surface area (Å²) in [5, 5.41) is 19.6. The monoisotopic (exact) mass is 475 g/mol. The third kappa shape index (κ3) is 4.65. The molecule has 2 aliphatic rings. The van der Waals surface area contributed by atoms with Gasteiger partial charge in [-0.25, -0.2) is 5.01 Å². The molecular weight excluding hydrogens is 457 g/mol. The van der Waals surface area contributed by atoms with Crippen LogP contribution in [0.3, 0.4) is 0 Å². The van der Waals surface area contributed by atoms with Crippen LogP contribution in [0, 0.1) is 17.2 Å². The number of anilines is 1. The van der Waals surface area contributed by atoms with Crippen LogP contribution in [0.5, 0.6) is 0 Å². The van der Waals surface area contributed by atoms with Crippen molar-refractivity contribution in [3.05, 3.63) is 63.1 Å². The van der Waals surface area contributed by atoms with Crippen molar-refractivity contribution in [2.24, 2.45) is 11.0 Å². The van der Waals surface area contributed by atoms with Crippen LogP contribution in [0.25, 0.3) is 0 Å². The van der Waals surface area contributed by atoms with Gasteiger partial charge in [-0.05, 0) is 48.7 Å². The first-order chi connectivity index (χ1) is 15.0. The number of hydrogen-bond donors (Lipinski definition) is 1. The first-order valence-corrected chi connectivity index (χ1v) is 11.1. The number of halogens is 3. The average molecular weight is 477 g/mol. The number of nitrogens with zero attached hydrogens (tertiary/aromatic N) is 4. The highest BCUT2D eigenvalue weighted by atomic mass is 35.5. The molecule has 1 amide bonds. The molecule has 0 radical (unpaired) electrons. The first kappa shape index (κ1) is 21.9. The number of nitriles is 1. The highest BCUT2D eigenvalue weighted by molar-refractivity contribution is 6.41. The van der Waals surface area contributed by atoms with E-state index in [1.807, 2.05) is 17.1 Å². The van der Waals surface area contributed by atoms with E-state index in [9.17, 15) is 10.1 Å². The summed E-state index contributed by atoms with van der Waals surface area (Å²) >= 11 is 18.6. The van der Waals surface area contributed by atoms with Gasteiger partial charge in [-0.1, -0.05) is 53.4 Å². The van der Waals surface area contributed by atoms with Crippen molar-refractivity contribution in [1.29, 1.82) is 5.26 Å². The van der Waals surface area contributed by atoms with Gasteiger partial charge in [0, 0.05) is 23.1 Å². The number of hydrazine groups is 1.